The molecule has 2 N–H and O–H groups in total. The molecule has 1 amide bonds. The first-order valence-corrected chi connectivity index (χ1v) is 12.0. The van der Waals surface area contributed by atoms with Gasteiger partial charge in [-0.1, -0.05) is 34.1 Å². The number of halogens is 1. The Morgan fingerprint density at radius 3 is 2.50 bits per heavy atom. The van der Waals surface area contributed by atoms with Crippen molar-refractivity contribution in [3.8, 4) is 11.5 Å². The summed E-state index contributed by atoms with van der Waals surface area (Å²) in [7, 11) is 0. The van der Waals surface area contributed by atoms with E-state index in [4.69, 9.17) is 9.47 Å². The lowest BCUT2D eigenvalue weighted by Gasteiger charge is -2.31. The SMILES string of the molecule is CCOc1cc(C2C(=C(O)c3ccc(Br)cc3)C(=O)C(=O)N2CCN2CCOCC2)ccc1O. The highest BCUT2D eigenvalue weighted by molar-refractivity contribution is 9.10. The van der Waals surface area contributed by atoms with E-state index in [2.05, 4.69) is 20.8 Å². The zero-order valence-corrected chi connectivity index (χ0v) is 20.5. The van der Waals surface area contributed by atoms with Gasteiger partial charge in [0.25, 0.3) is 11.7 Å². The summed E-state index contributed by atoms with van der Waals surface area (Å²) in [5.74, 6) is -1.43. The largest absolute Gasteiger partial charge is 0.507 e. The fourth-order valence-electron chi connectivity index (χ4n) is 4.27. The van der Waals surface area contributed by atoms with Crippen LogP contribution < -0.4 is 4.74 Å². The maximum atomic E-state index is 13.2. The van der Waals surface area contributed by atoms with Gasteiger partial charge in [-0.15, -0.1) is 0 Å². The molecule has 0 saturated carbocycles. The Kier molecular flexibility index (Phi) is 7.55. The second-order valence-corrected chi connectivity index (χ2v) is 9.03. The van der Waals surface area contributed by atoms with Gasteiger partial charge in [0.1, 0.15) is 5.76 Å². The number of nitrogens with zero attached hydrogens (tertiary/aromatic N) is 2. The quantitative estimate of drug-likeness (QED) is 0.321. The number of hydrogen-bond acceptors (Lipinski definition) is 7. The fraction of sp³-hybridized carbons (Fsp3) is 0.360. The number of aliphatic hydroxyl groups excluding tert-OH is 1. The Balaban J connectivity index is 1.76. The molecule has 4 rings (SSSR count). The minimum atomic E-state index is -0.815. The Labute approximate surface area is 206 Å². The van der Waals surface area contributed by atoms with Gasteiger partial charge in [0.05, 0.1) is 31.4 Å². The van der Waals surface area contributed by atoms with Crippen molar-refractivity contribution in [2.24, 2.45) is 0 Å². The third kappa shape index (κ3) is 4.96. The number of phenolic OH excluding ortho intramolecular Hbond substituents is 1. The molecule has 8 nitrogen and oxygen atoms in total. The summed E-state index contributed by atoms with van der Waals surface area (Å²) < 4.78 is 11.8. The van der Waals surface area contributed by atoms with E-state index in [0.29, 0.717) is 44.0 Å². The van der Waals surface area contributed by atoms with Gasteiger partial charge >= 0.3 is 0 Å². The number of aromatic hydroxyl groups is 1. The van der Waals surface area contributed by atoms with Crippen molar-refractivity contribution in [2.75, 3.05) is 46.0 Å². The predicted octanol–water partition coefficient (Wildman–Crippen LogP) is 3.31. The molecule has 0 spiro atoms. The van der Waals surface area contributed by atoms with Gasteiger partial charge in [-0.25, -0.2) is 0 Å². The van der Waals surface area contributed by atoms with Crippen molar-refractivity contribution in [3.05, 3.63) is 63.6 Å². The molecule has 0 aliphatic carbocycles. The Bertz CT molecular complexity index is 1100. The number of morpholine rings is 1. The lowest BCUT2D eigenvalue weighted by atomic mass is 9.95. The molecule has 2 saturated heterocycles. The maximum absolute atomic E-state index is 13.2. The minimum absolute atomic E-state index is 0.0161. The number of carbonyl (C=O) groups excluding carboxylic acids is 2. The first-order chi connectivity index (χ1) is 16.4. The van der Waals surface area contributed by atoms with Gasteiger partial charge in [0, 0.05) is 36.2 Å². The first kappa shape index (κ1) is 24.3. The van der Waals surface area contributed by atoms with E-state index < -0.39 is 17.7 Å². The molecule has 9 heteroatoms. The highest BCUT2D eigenvalue weighted by atomic mass is 79.9. The predicted molar refractivity (Wildman–Crippen MR) is 130 cm³/mol. The molecule has 1 atom stereocenters. The average molecular weight is 531 g/mol. The summed E-state index contributed by atoms with van der Waals surface area (Å²) in [5, 5.41) is 21.3. The van der Waals surface area contributed by atoms with Gasteiger partial charge in [-0.3, -0.25) is 14.5 Å². The Hall–Kier alpha value is -2.88. The molecule has 2 aromatic carbocycles. The monoisotopic (exact) mass is 530 g/mol. The molecule has 2 aliphatic rings. The van der Waals surface area contributed by atoms with Crippen LogP contribution in [0.2, 0.25) is 0 Å². The molecule has 0 radical (unpaired) electrons. The van der Waals surface area contributed by atoms with Crippen molar-refractivity contribution in [3.63, 3.8) is 0 Å². The van der Waals surface area contributed by atoms with Crippen LogP contribution in [0.25, 0.3) is 5.76 Å². The fourth-order valence-corrected chi connectivity index (χ4v) is 4.53. The Morgan fingerprint density at radius 2 is 1.82 bits per heavy atom. The lowest BCUT2D eigenvalue weighted by Crippen LogP contribution is -2.42. The summed E-state index contributed by atoms with van der Waals surface area (Å²) in [4.78, 5) is 30.0. The second-order valence-electron chi connectivity index (χ2n) is 8.11. The summed E-state index contributed by atoms with van der Waals surface area (Å²) >= 11 is 3.37. The number of Topliss-reactive ketones (excluding diaryl/α,β-unsaturated/α-hetero) is 1. The van der Waals surface area contributed by atoms with Gasteiger partial charge in [-0.2, -0.15) is 0 Å². The number of hydrogen-bond donors (Lipinski definition) is 2. The van der Waals surface area contributed by atoms with Gasteiger partial charge in [0.2, 0.25) is 0 Å². The summed E-state index contributed by atoms with van der Waals surface area (Å²) in [6.07, 6.45) is 0. The summed E-state index contributed by atoms with van der Waals surface area (Å²) in [6, 6.07) is 10.8. The van der Waals surface area contributed by atoms with E-state index in [1.807, 2.05) is 0 Å². The van der Waals surface area contributed by atoms with Gasteiger partial charge < -0.3 is 24.6 Å². The smallest absolute Gasteiger partial charge is 0.295 e. The standard InChI is InChI=1S/C25H27BrN2O6/c1-2-34-20-15-17(5-8-19(20)29)22-21(23(30)16-3-6-18(26)7-4-16)24(31)25(32)28(22)10-9-27-11-13-33-14-12-27/h3-8,15,22,29-30H,2,9-14H2,1H3. The minimum Gasteiger partial charge on any atom is -0.507 e. The number of likely N-dealkylation sites (tertiary alicyclic amines) is 1. The molecule has 1 unspecified atom stereocenters. The molecule has 34 heavy (non-hydrogen) atoms. The number of amides is 1. The van der Waals surface area contributed by atoms with E-state index in [1.54, 1.807) is 43.3 Å². The molecule has 2 heterocycles. The highest BCUT2D eigenvalue weighted by Crippen LogP contribution is 2.41. The van der Waals surface area contributed by atoms with Crippen molar-refractivity contribution in [1.82, 2.24) is 9.80 Å². The zero-order chi connectivity index (χ0) is 24.2. The van der Waals surface area contributed by atoms with Crippen molar-refractivity contribution in [1.29, 1.82) is 0 Å². The Morgan fingerprint density at radius 1 is 1.12 bits per heavy atom. The molecule has 2 fully saturated rings. The molecule has 0 aromatic heterocycles. The number of rotatable bonds is 7. The number of aliphatic hydroxyl groups is 1. The third-order valence-corrected chi connectivity index (χ3v) is 6.55. The van der Waals surface area contributed by atoms with Gasteiger partial charge in [0.15, 0.2) is 11.5 Å². The van der Waals surface area contributed by atoms with Crippen LogP contribution in [0.15, 0.2) is 52.5 Å². The molecular weight excluding hydrogens is 504 g/mol. The van der Waals surface area contributed by atoms with E-state index in [-0.39, 0.29) is 22.8 Å². The van der Waals surface area contributed by atoms with E-state index in [9.17, 15) is 19.8 Å². The molecular formula is C25H27BrN2O6. The third-order valence-electron chi connectivity index (χ3n) is 6.02. The number of ether oxygens (including phenoxy) is 2. The van der Waals surface area contributed by atoms with Crippen LogP contribution in [0.4, 0.5) is 0 Å². The van der Waals surface area contributed by atoms with Crippen molar-refractivity contribution >= 4 is 33.4 Å². The van der Waals surface area contributed by atoms with Crippen LogP contribution in [-0.4, -0.2) is 77.7 Å². The first-order valence-electron chi connectivity index (χ1n) is 11.2. The van der Waals surface area contributed by atoms with Crippen LogP contribution in [-0.2, 0) is 14.3 Å². The van der Waals surface area contributed by atoms with E-state index in [1.165, 1.54) is 11.0 Å². The maximum Gasteiger partial charge on any atom is 0.295 e. The number of phenols is 1. The van der Waals surface area contributed by atoms with Crippen LogP contribution in [0.5, 0.6) is 11.5 Å². The van der Waals surface area contributed by atoms with E-state index >= 15 is 0 Å². The molecule has 0 bridgehead atoms. The number of benzene rings is 2. The van der Waals surface area contributed by atoms with Gasteiger partial charge in [-0.05, 0) is 36.8 Å². The molecule has 2 aromatic rings. The normalized spacial score (nSPS) is 20.6. The van der Waals surface area contributed by atoms with Crippen LogP contribution >= 0.6 is 15.9 Å². The highest BCUT2D eigenvalue weighted by Gasteiger charge is 2.46. The second kappa shape index (κ2) is 10.6. The molecule has 2 aliphatic heterocycles. The average Bonchev–Trinajstić information content (AvgIpc) is 3.10. The van der Waals surface area contributed by atoms with Crippen LogP contribution in [0.1, 0.15) is 24.1 Å². The summed E-state index contributed by atoms with van der Waals surface area (Å²) in [6.45, 7) is 5.77. The van der Waals surface area contributed by atoms with Crippen LogP contribution in [0.3, 0.4) is 0 Å². The number of ketones is 1. The lowest BCUT2D eigenvalue weighted by molar-refractivity contribution is -0.140. The summed E-state index contributed by atoms with van der Waals surface area (Å²) in [5.41, 5.74) is 1.02. The van der Waals surface area contributed by atoms with Crippen molar-refractivity contribution in [2.45, 2.75) is 13.0 Å². The van der Waals surface area contributed by atoms with Crippen LogP contribution in [0, 0.1) is 0 Å². The topological polar surface area (TPSA) is 99.5 Å². The molecule has 180 valence electrons. The van der Waals surface area contributed by atoms with E-state index in [0.717, 1.165) is 17.6 Å². The number of carbonyl (C=O) groups is 2. The van der Waals surface area contributed by atoms with Crippen molar-refractivity contribution < 1.29 is 29.3 Å². The zero-order valence-electron chi connectivity index (χ0n) is 18.9.